The minimum atomic E-state index is -0.913. The van der Waals surface area contributed by atoms with Crippen LogP contribution in [0.4, 0.5) is 0 Å². The Bertz CT molecular complexity index is 410. The van der Waals surface area contributed by atoms with Gasteiger partial charge in [0, 0.05) is 34.0 Å². The Kier molecular flexibility index (Phi) is 4.54. The summed E-state index contributed by atoms with van der Waals surface area (Å²) in [7, 11) is -0.913. The Morgan fingerprint density at radius 1 is 1.28 bits per heavy atom. The summed E-state index contributed by atoms with van der Waals surface area (Å²) in [4.78, 5) is 0.858. The average Bonchev–Trinajstić information content (AvgIpc) is 2.86. The largest absolute Gasteiger partial charge is 0.394 e. The molecule has 18 heavy (non-hydrogen) atoms. The van der Waals surface area contributed by atoms with Crippen LogP contribution in [-0.4, -0.2) is 27.7 Å². The van der Waals surface area contributed by atoms with E-state index in [-0.39, 0.29) is 12.1 Å². The highest BCUT2D eigenvalue weighted by Crippen LogP contribution is 2.29. The molecular weight excluding hydrogens is 246 g/mol. The van der Waals surface area contributed by atoms with Crippen LogP contribution in [0, 0.1) is 0 Å². The van der Waals surface area contributed by atoms with Crippen molar-refractivity contribution in [3.05, 3.63) is 29.8 Å². The van der Waals surface area contributed by atoms with Gasteiger partial charge in [0.2, 0.25) is 0 Å². The van der Waals surface area contributed by atoms with Gasteiger partial charge in [0.15, 0.2) is 0 Å². The summed E-state index contributed by atoms with van der Waals surface area (Å²) in [6, 6.07) is 7.83. The molecule has 1 aromatic carbocycles. The monoisotopic (exact) mass is 267 g/mol. The van der Waals surface area contributed by atoms with Crippen LogP contribution in [-0.2, 0) is 17.3 Å². The van der Waals surface area contributed by atoms with Crippen LogP contribution in [0.15, 0.2) is 29.2 Å². The fourth-order valence-electron chi connectivity index (χ4n) is 2.53. The summed E-state index contributed by atoms with van der Waals surface area (Å²) >= 11 is 0. The van der Waals surface area contributed by atoms with Crippen molar-refractivity contribution < 1.29 is 9.32 Å². The molecule has 0 radical (unpaired) electrons. The topological polar surface area (TPSA) is 49.3 Å². The molecule has 1 unspecified atom stereocenters. The van der Waals surface area contributed by atoms with E-state index in [9.17, 15) is 9.32 Å². The second-order valence-corrected chi connectivity index (χ2v) is 6.48. The van der Waals surface area contributed by atoms with E-state index in [1.54, 1.807) is 6.26 Å². The van der Waals surface area contributed by atoms with Crippen molar-refractivity contribution in [2.75, 3.05) is 12.9 Å². The molecule has 1 atom stereocenters. The van der Waals surface area contributed by atoms with Crippen molar-refractivity contribution in [1.82, 2.24) is 5.32 Å². The second-order valence-electron chi connectivity index (χ2n) is 5.10. The van der Waals surface area contributed by atoms with E-state index in [4.69, 9.17) is 0 Å². The lowest BCUT2D eigenvalue weighted by molar-refractivity contribution is 0.163. The van der Waals surface area contributed by atoms with Gasteiger partial charge in [0.25, 0.3) is 0 Å². The van der Waals surface area contributed by atoms with Crippen molar-refractivity contribution >= 4 is 10.8 Å². The Balaban J connectivity index is 1.95. The molecule has 2 N–H and O–H groups in total. The van der Waals surface area contributed by atoms with E-state index in [1.807, 2.05) is 24.3 Å². The van der Waals surface area contributed by atoms with E-state index >= 15 is 0 Å². The predicted octanol–water partition coefficient (Wildman–Crippen LogP) is 1.82. The highest BCUT2D eigenvalue weighted by atomic mass is 32.2. The maximum Gasteiger partial charge on any atom is 0.0613 e. The summed E-state index contributed by atoms with van der Waals surface area (Å²) in [6.07, 6.45) is 6.19. The summed E-state index contributed by atoms with van der Waals surface area (Å²) < 4.78 is 11.3. The first-order valence-electron chi connectivity index (χ1n) is 6.43. The molecule has 0 spiro atoms. The minimum Gasteiger partial charge on any atom is -0.394 e. The van der Waals surface area contributed by atoms with E-state index in [2.05, 4.69) is 5.32 Å². The molecule has 3 nitrogen and oxygen atoms in total. The number of benzene rings is 1. The molecule has 2 rings (SSSR count). The summed E-state index contributed by atoms with van der Waals surface area (Å²) in [5.41, 5.74) is 1.09. The molecular formula is C14H21NO2S. The highest BCUT2D eigenvalue weighted by Gasteiger charge is 2.32. The van der Waals surface area contributed by atoms with Gasteiger partial charge in [0.1, 0.15) is 0 Å². The SMILES string of the molecule is CS(=O)c1ccc(CNC2(CO)CCCC2)cc1. The lowest BCUT2D eigenvalue weighted by Crippen LogP contribution is -2.45. The van der Waals surface area contributed by atoms with Crippen LogP contribution in [0.2, 0.25) is 0 Å². The zero-order valence-electron chi connectivity index (χ0n) is 10.8. The quantitative estimate of drug-likeness (QED) is 0.855. The van der Waals surface area contributed by atoms with Gasteiger partial charge in [-0.15, -0.1) is 0 Å². The van der Waals surface area contributed by atoms with Crippen molar-refractivity contribution in [3.63, 3.8) is 0 Å². The van der Waals surface area contributed by atoms with Crippen LogP contribution >= 0.6 is 0 Å². The zero-order valence-corrected chi connectivity index (χ0v) is 11.6. The normalized spacial score (nSPS) is 19.9. The number of rotatable bonds is 5. The van der Waals surface area contributed by atoms with Crippen LogP contribution in [0.25, 0.3) is 0 Å². The van der Waals surface area contributed by atoms with Gasteiger partial charge < -0.3 is 10.4 Å². The number of aliphatic hydroxyl groups excluding tert-OH is 1. The molecule has 1 fully saturated rings. The molecule has 0 amide bonds. The summed E-state index contributed by atoms with van der Waals surface area (Å²) in [5, 5.41) is 13.0. The number of aliphatic hydroxyl groups is 1. The van der Waals surface area contributed by atoms with Gasteiger partial charge in [-0.05, 0) is 30.5 Å². The maximum atomic E-state index is 11.3. The molecule has 1 saturated carbocycles. The molecule has 0 heterocycles. The standard InChI is InChI=1S/C14H21NO2S/c1-18(17)13-6-4-12(5-7-13)10-15-14(11-16)8-2-3-9-14/h4-7,15-16H,2-3,8-11H2,1H3. The first-order valence-corrected chi connectivity index (χ1v) is 7.99. The van der Waals surface area contributed by atoms with Gasteiger partial charge in [0.05, 0.1) is 6.61 Å². The Morgan fingerprint density at radius 3 is 2.39 bits per heavy atom. The molecule has 0 saturated heterocycles. The molecule has 0 aliphatic heterocycles. The molecule has 0 aromatic heterocycles. The van der Waals surface area contributed by atoms with Crippen molar-refractivity contribution in [2.24, 2.45) is 0 Å². The predicted molar refractivity (Wildman–Crippen MR) is 73.9 cm³/mol. The zero-order chi connectivity index (χ0) is 13.0. The van der Waals surface area contributed by atoms with Crippen LogP contribution < -0.4 is 5.32 Å². The average molecular weight is 267 g/mol. The highest BCUT2D eigenvalue weighted by molar-refractivity contribution is 7.84. The Hall–Kier alpha value is -0.710. The third-order valence-corrected chi connectivity index (χ3v) is 4.72. The van der Waals surface area contributed by atoms with Gasteiger partial charge in [-0.2, -0.15) is 0 Å². The van der Waals surface area contributed by atoms with Crippen molar-refractivity contribution in [2.45, 2.75) is 42.7 Å². The first kappa shape index (κ1) is 13.7. The number of hydrogen-bond acceptors (Lipinski definition) is 3. The molecule has 1 aliphatic rings. The minimum absolute atomic E-state index is 0.0771. The van der Waals surface area contributed by atoms with Gasteiger partial charge in [-0.3, -0.25) is 4.21 Å². The van der Waals surface area contributed by atoms with Gasteiger partial charge in [-0.1, -0.05) is 25.0 Å². The first-order chi connectivity index (χ1) is 8.65. The van der Waals surface area contributed by atoms with Crippen LogP contribution in [0.3, 0.4) is 0 Å². The molecule has 1 aliphatic carbocycles. The fraction of sp³-hybridized carbons (Fsp3) is 0.571. The Morgan fingerprint density at radius 2 is 1.89 bits per heavy atom. The summed E-state index contributed by atoms with van der Waals surface area (Å²) in [6.45, 7) is 0.973. The molecule has 4 heteroatoms. The van der Waals surface area contributed by atoms with E-state index in [0.29, 0.717) is 0 Å². The van der Waals surface area contributed by atoms with Crippen molar-refractivity contribution in [1.29, 1.82) is 0 Å². The van der Waals surface area contributed by atoms with E-state index in [1.165, 1.54) is 18.4 Å². The van der Waals surface area contributed by atoms with E-state index < -0.39 is 10.8 Å². The lowest BCUT2D eigenvalue weighted by Gasteiger charge is -2.28. The Labute approximate surface area is 111 Å². The maximum absolute atomic E-state index is 11.3. The third kappa shape index (κ3) is 3.19. The molecule has 100 valence electrons. The second kappa shape index (κ2) is 5.95. The smallest absolute Gasteiger partial charge is 0.0613 e. The third-order valence-electron chi connectivity index (χ3n) is 3.79. The molecule has 1 aromatic rings. The van der Waals surface area contributed by atoms with Gasteiger partial charge >= 0.3 is 0 Å². The molecule has 0 bridgehead atoms. The number of hydrogen-bond donors (Lipinski definition) is 2. The summed E-state index contributed by atoms with van der Waals surface area (Å²) in [5.74, 6) is 0. The van der Waals surface area contributed by atoms with Crippen molar-refractivity contribution in [3.8, 4) is 0 Å². The van der Waals surface area contributed by atoms with Crippen LogP contribution in [0.1, 0.15) is 31.2 Å². The lowest BCUT2D eigenvalue weighted by atomic mass is 9.98. The van der Waals surface area contributed by atoms with Crippen LogP contribution in [0.5, 0.6) is 0 Å². The van der Waals surface area contributed by atoms with Gasteiger partial charge in [-0.25, -0.2) is 0 Å². The fourth-order valence-corrected chi connectivity index (χ4v) is 3.05. The number of nitrogens with one attached hydrogen (secondary N) is 1. The van der Waals surface area contributed by atoms with E-state index in [0.717, 1.165) is 24.3 Å².